The van der Waals surface area contributed by atoms with Crippen molar-refractivity contribution in [3.05, 3.63) is 54.1 Å². The Balaban J connectivity index is 1.74. The summed E-state index contributed by atoms with van der Waals surface area (Å²) < 4.78 is 49.3. The fraction of sp³-hybridized carbons (Fsp3) is 0.409. The molecular formula is C22H27NO7S. The van der Waals surface area contributed by atoms with Crippen LogP contribution < -0.4 is 14.2 Å². The first kappa shape index (κ1) is 22.9. The number of nitrogens with one attached hydrogen (secondary N) is 1. The van der Waals surface area contributed by atoms with Crippen molar-refractivity contribution in [2.24, 2.45) is 0 Å². The maximum atomic E-state index is 12.6. The smallest absolute Gasteiger partial charge is 0.323 e. The van der Waals surface area contributed by atoms with Crippen LogP contribution in [0.1, 0.15) is 26.3 Å². The van der Waals surface area contributed by atoms with Gasteiger partial charge in [-0.15, -0.1) is 0 Å². The van der Waals surface area contributed by atoms with Crippen molar-refractivity contribution in [2.45, 2.75) is 39.1 Å². The van der Waals surface area contributed by atoms with Crippen LogP contribution in [0.25, 0.3) is 0 Å². The average molecular weight is 450 g/mol. The molecule has 3 rings (SSSR count). The molecule has 1 aliphatic rings. The Hall–Kier alpha value is -2.78. The van der Waals surface area contributed by atoms with Gasteiger partial charge in [0.2, 0.25) is 10.0 Å². The van der Waals surface area contributed by atoms with Crippen molar-refractivity contribution >= 4 is 21.7 Å². The Morgan fingerprint density at radius 3 is 2.48 bits per heavy atom. The molecule has 8 nitrogen and oxygen atoms in total. The lowest BCUT2D eigenvalue weighted by Gasteiger charge is -2.20. The van der Waals surface area contributed by atoms with E-state index in [0.717, 1.165) is 5.56 Å². The van der Waals surface area contributed by atoms with Crippen LogP contribution in [0.5, 0.6) is 11.5 Å². The Kier molecular flexibility index (Phi) is 7.07. The van der Waals surface area contributed by atoms with Crippen LogP contribution in [-0.2, 0) is 30.9 Å². The number of carbonyl (C=O) groups excluding carboxylic acids is 1. The molecule has 1 fully saturated rings. The lowest BCUT2D eigenvalue weighted by atomic mass is 10.2. The molecule has 0 aromatic heterocycles. The summed E-state index contributed by atoms with van der Waals surface area (Å²) >= 11 is 0. The van der Waals surface area contributed by atoms with E-state index in [1.165, 1.54) is 6.07 Å². The van der Waals surface area contributed by atoms with Crippen molar-refractivity contribution < 1.29 is 32.2 Å². The molecule has 0 spiro atoms. The van der Waals surface area contributed by atoms with E-state index < -0.39 is 27.3 Å². The molecule has 1 heterocycles. The number of carbonyl (C=O) groups is 1. The zero-order valence-electron chi connectivity index (χ0n) is 17.8. The molecule has 1 saturated heterocycles. The van der Waals surface area contributed by atoms with Gasteiger partial charge in [0.05, 0.1) is 12.3 Å². The lowest BCUT2D eigenvalue weighted by Crippen LogP contribution is -2.30. The number of hydrogen-bond acceptors (Lipinski definition) is 7. The number of esters is 1. The summed E-state index contributed by atoms with van der Waals surface area (Å²) in [7, 11) is -4.03. The summed E-state index contributed by atoms with van der Waals surface area (Å²) in [4.78, 5) is 12.0. The lowest BCUT2D eigenvalue weighted by molar-refractivity contribution is -0.151. The highest BCUT2D eigenvalue weighted by Gasteiger charge is 2.25. The third-order valence-electron chi connectivity index (χ3n) is 4.02. The molecule has 1 atom stereocenters. The number of sulfonamides is 1. The normalized spacial score (nSPS) is 15.8. The first-order valence-corrected chi connectivity index (χ1v) is 11.5. The molecule has 168 valence electrons. The molecular weight excluding hydrogens is 422 g/mol. The summed E-state index contributed by atoms with van der Waals surface area (Å²) in [5, 5.41) is 0. The average Bonchev–Trinajstić information content (AvgIpc) is 3.48. The fourth-order valence-electron chi connectivity index (χ4n) is 2.62. The van der Waals surface area contributed by atoms with Gasteiger partial charge >= 0.3 is 5.97 Å². The molecule has 1 unspecified atom stereocenters. The fourth-order valence-corrected chi connectivity index (χ4v) is 3.56. The predicted octanol–water partition coefficient (Wildman–Crippen LogP) is 3.13. The van der Waals surface area contributed by atoms with E-state index >= 15 is 0 Å². The van der Waals surface area contributed by atoms with Gasteiger partial charge in [-0.2, -0.15) is 0 Å². The van der Waals surface area contributed by atoms with Crippen molar-refractivity contribution in [3.63, 3.8) is 0 Å². The van der Waals surface area contributed by atoms with Crippen LogP contribution in [0.15, 0.2) is 48.5 Å². The second-order valence-corrected chi connectivity index (χ2v) is 9.87. The topological polar surface area (TPSA) is 103 Å². The van der Waals surface area contributed by atoms with Crippen LogP contribution in [0, 0.1) is 0 Å². The standard InChI is InChI=1S/C22H27NO7S/c1-22(2,3)30-21(24)15-31(25,26)23-19-11-17(27-13-18-14-28-18)9-10-20(19)29-12-16-7-5-4-6-8-16/h4-11,18,23H,12-15H2,1-3H3. The molecule has 31 heavy (non-hydrogen) atoms. The van der Waals surface area contributed by atoms with Gasteiger partial charge in [0.25, 0.3) is 0 Å². The van der Waals surface area contributed by atoms with Crippen LogP contribution in [0.2, 0.25) is 0 Å². The molecule has 0 radical (unpaired) electrons. The highest BCUT2D eigenvalue weighted by molar-refractivity contribution is 7.93. The first-order chi connectivity index (χ1) is 14.6. The maximum absolute atomic E-state index is 12.6. The Morgan fingerprint density at radius 2 is 1.84 bits per heavy atom. The molecule has 0 amide bonds. The van der Waals surface area contributed by atoms with Gasteiger partial charge < -0.3 is 18.9 Å². The minimum atomic E-state index is -4.03. The predicted molar refractivity (Wildman–Crippen MR) is 116 cm³/mol. The highest BCUT2D eigenvalue weighted by atomic mass is 32.2. The van der Waals surface area contributed by atoms with Crippen LogP contribution in [0.4, 0.5) is 5.69 Å². The molecule has 1 N–H and O–H groups in total. The first-order valence-electron chi connectivity index (χ1n) is 9.87. The van der Waals surface area contributed by atoms with Gasteiger partial charge in [0.15, 0.2) is 5.75 Å². The molecule has 0 aliphatic carbocycles. The monoisotopic (exact) mass is 449 g/mol. The number of ether oxygens (including phenoxy) is 4. The minimum absolute atomic E-state index is 0.0568. The van der Waals surface area contributed by atoms with Crippen LogP contribution >= 0.6 is 0 Å². The number of anilines is 1. The van der Waals surface area contributed by atoms with E-state index in [9.17, 15) is 13.2 Å². The quantitative estimate of drug-likeness (QED) is 0.439. The second-order valence-electron chi connectivity index (χ2n) is 8.15. The van der Waals surface area contributed by atoms with Gasteiger partial charge in [0.1, 0.15) is 36.4 Å². The second kappa shape index (κ2) is 9.57. The third kappa shape index (κ3) is 8.10. The van der Waals surface area contributed by atoms with E-state index in [1.807, 2.05) is 30.3 Å². The third-order valence-corrected chi connectivity index (χ3v) is 5.17. The molecule has 0 saturated carbocycles. The Labute approximate surface area is 182 Å². The highest BCUT2D eigenvalue weighted by Crippen LogP contribution is 2.31. The largest absolute Gasteiger partial charge is 0.491 e. The van der Waals surface area contributed by atoms with Gasteiger partial charge in [-0.1, -0.05) is 30.3 Å². The van der Waals surface area contributed by atoms with Gasteiger partial charge in [0, 0.05) is 6.07 Å². The summed E-state index contributed by atoms with van der Waals surface area (Å²) in [5.74, 6) is -0.891. The Morgan fingerprint density at radius 1 is 1.13 bits per heavy atom. The van der Waals surface area contributed by atoms with Gasteiger partial charge in [-0.25, -0.2) is 8.42 Å². The molecule has 1 aliphatic heterocycles. The van der Waals surface area contributed by atoms with Crippen molar-refractivity contribution in [3.8, 4) is 11.5 Å². The van der Waals surface area contributed by atoms with E-state index in [0.29, 0.717) is 24.7 Å². The van der Waals surface area contributed by atoms with Crippen LogP contribution in [-0.4, -0.2) is 45.1 Å². The Bertz CT molecular complexity index is 996. The maximum Gasteiger partial charge on any atom is 0.323 e. The zero-order chi connectivity index (χ0) is 22.5. The van der Waals surface area contributed by atoms with E-state index in [1.54, 1.807) is 32.9 Å². The summed E-state index contributed by atoms with van der Waals surface area (Å²) in [5.41, 5.74) is 0.319. The van der Waals surface area contributed by atoms with Crippen molar-refractivity contribution in [1.82, 2.24) is 0 Å². The minimum Gasteiger partial charge on any atom is -0.491 e. The molecule has 2 aromatic rings. The summed E-state index contributed by atoms with van der Waals surface area (Å²) in [6.45, 7) is 6.28. The SMILES string of the molecule is CC(C)(C)OC(=O)CS(=O)(=O)Nc1cc(OCC2CO2)ccc1OCc1ccccc1. The molecule has 0 bridgehead atoms. The van der Waals surface area contributed by atoms with Gasteiger partial charge in [-0.3, -0.25) is 9.52 Å². The van der Waals surface area contributed by atoms with E-state index in [-0.39, 0.29) is 18.4 Å². The molecule has 2 aromatic carbocycles. The summed E-state index contributed by atoms with van der Waals surface area (Å²) in [6, 6.07) is 14.3. The van der Waals surface area contributed by atoms with E-state index in [2.05, 4.69) is 4.72 Å². The molecule has 9 heteroatoms. The van der Waals surface area contributed by atoms with Gasteiger partial charge in [-0.05, 0) is 38.5 Å². The number of rotatable bonds is 10. The zero-order valence-corrected chi connectivity index (χ0v) is 18.6. The number of hydrogen-bond donors (Lipinski definition) is 1. The van der Waals surface area contributed by atoms with Crippen LogP contribution in [0.3, 0.4) is 0 Å². The number of benzene rings is 2. The van der Waals surface area contributed by atoms with E-state index in [4.69, 9.17) is 18.9 Å². The summed E-state index contributed by atoms with van der Waals surface area (Å²) in [6.07, 6.45) is 0.0568. The van der Waals surface area contributed by atoms with Crippen molar-refractivity contribution in [2.75, 3.05) is 23.7 Å². The number of epoxide rings is 1. The van der Waals surface area contributed by atoms with Crippen molar-refractivity contribution in [1.29, 1.82) is 0 Å².